The lowest BCUT2D eigenvalue weighted by atomic mass is 10.1. The van der Waals surface area contributed by atoms with Crippen LogP contribution in [0.25, 0.3) is 23.0 Å². The molecule has 1 fully saturated rings. The molecule has 0 unspecified atom stereocenters. The first kappa shape index (κ1) is 25.7. The topological polar surface area (TPSA) is 84.7 Å². The fourth-order valence-electron chi connectivity index (χ4n) is 3.82. The number of amides is 1. The number of halogens is 1. The van der Waals surface area contributed by atoms with Gasteiger partial charge in [-0.1, -0.05) is 78.0 Å². The molecule has 1 aromatic heterocycles. The number of hydrogen-bond acceptors (Lipinski definition) is 6. The van der Waals surface area contributed by atoms with Gasteiger partial charge in [0.2, 0.25) is 0 Å². The number of para-hydroxylation sites is 1. The Morgan fingerprint density at radius 1 is 1.08 bits per heavy atom. The number of aliphatic carboxylic acids is 1. The summed E-state index contributed by atoms with van der Waals surface area (Å²) in [5, 5.41) is 14.6. The number of thioether (sulfide) groups is 1. The van der Waals surface area contributed by atoms with E-state index in [0.29, 0.717) is 33.5 Å². The minimum Gasteiger partial charge on any atom is -0.489 e. The van der Waals surface area contributed by atoms with Crippen molar-refractivity contribution >= 4 is 57.9 Å². The molecule has 1 aliphatic rings. The van der Waals surface area contributed by atoms with Crippen LogP contribution in [0.3, 0.4) is 0 Å². The van der Waals surface area contributed by atoms with E-state index in [1.165, 1.54) is 0 Å². The summed E-state index contributed by atoms with van der Waals surface area (Å²) in [7, 11) is 0. The van der Waals surface area contributed by atoms with Gasteiger partial charge in [0.1, 0.15) is 28.9 Å². The molecule has 2 heterocycles. The van der Waals surface area contributed by atoms with E-state index in [2.05, 4.69) is 0 Å². The van der Waals surface area contributed by atoms with Gasteiger partial charge in [-0.2, -0.15) is 5.10 Å². The number of ether oxygens (including phenoxy) is 1. The number of hydrogen-bond donors (Lipinski definition) is 1. The van der Waals surface area contributed by atoms with E-state index >= 15 is 0 Å². The van der Waals surface area contributed by atoms with Crippen molar-refractivity contribution in [2.45, 2.75) is 6.61 Å². The molecule has 1 amide bonds. The summed E-state index contributed by atoms with van der Waals surface area (Å²) in [6.07, 6.45) is 3.53. The predicted octanol–water partition coefficient (Wildman–Crippen LogP) is 6.06. The van der Waals surface area contributed by atoms with E-state index in [4.69, 9.17) is 38.8 Å². The summed E-state index contributed by atoms with van der Waals surface area (Å²) in [6.45, 7) is -0.108. The number of rotatable bonds is 8. The molecule has 1 aliphatic heterocycles. The zero-order valence-corrected chi connectivity index (χ0v) is 22.2. The van der Waals surface area contributed by atoms with Gasteiger partial charge in [-0.05, 0) is 48.0 Å². The minimum absolute atomic E-state index is 0.207. The highest BCUT2D eigenvalue weighted by atomic mass is 35.5. The lowest BCUT2D eigenvalue weighted by Gasteiger charge is -2.10. The van der Waals surface area contributed by atoms with E-state index in [0.717, 1.165) is 33.5 Å². The molecule has 0 atom stereocenters. The predicted molar refractivity (Wildman–Crippen MR) is 152 cm³/mol. The first-order valence-corrected chi connectivity index (χ1v) is 13.1. The number of carbonyl (C=O) groups excluding carboxylic acids is 1. The molecular formula is C28H20ClN3O4S2. The maximum atomic E-state index is 12.9. The van der Waals surface area contributed by atoms with Gasteiger partial charge in [-0.15, -0.1) is 0 Å². The standard InChI is InChI=1S/C28H20ClN3O4S2/c29-21-11-9-18(10-12-21)17-36-23-8-4-5-19(13-23)26-20(15-32(30-26)22-6-2-1-3-7-22)14-24-27(35)31(16-25(33)34)28(37)38-24/h1-15H,16-17H2,(H,33,34). The highest BCUT2D eigenvalue weighted by molar-refractivity contribution is 8.26. The Bertz CT molecular complexity index is 1550. The number of thiocarbonyl (C=S) groups is 1. The summed E-state index contributed by atoms with van der Waals surface area (Å²) < 4.78 is 7.95. The van der Waals surface area contributed by atoms with Crippen molar-refractivity contribution in [2.24, 2.45) is 0 Å². The maximum absolute atomic E-state index is 12.9. The average molecular weight is 562 g/mol. The van der Waals surface area contributed by atoms with Crippen molar-refractivity contribution < 1.29 is 19.4 Å². The molecule has 0 aliphatic carbocycles. The van der Waals surface area contributed by atoms with Crippen molar-refractivity contribution in [3.63, 3.8) is 0 Å². The van der Waals surface area contributed by atoms with Gasteiger partial charge in [0.15, 0.2) is 0 Å². The van der Waals surface area contributed by atoms with E-state index in [-0.39, 0.29) is 4.32 Å². The van der Waals surface area contributed by atoms with Gasteiger partial charge in [-0.3, -0.25) is 14.5 Å². The summed E-state index contributed by atoms with van der Waals surface area (Å²) in [4.78, 5) is 25.5. The zero-order chi connectivity index (χ0) is 26.6. The molecule has 190 valence electrons. The normalized spacial score (nSPS) is 14.3. The second-order valence-corrected chi connectivity index (χ2v) is 10.4. The van der Waals surface area contributed by atoms with E-state index in [9.17, 15) is 9.59 Å². The molecule has 3 aromatic carbocycles. The Kier molecular flexibility index (Phi) is 7.59. The third-order valence-corrected chi connectivity index (χ3v) is 7.27. The van der Waals surface area contributed by atoms with Crippen LogP contribution in [0.5, 0.6) is 5.75 Å². The molecule has 10 heteroatoms. The monoisotopic (exact) mass is 561 g/mol. The van der Waals surface area contributed by atoms with Crippen LogP contribution in [0.2, 0.25) is 5.02 Å². The SMILES string of the molecule is O=C(O)CN1C(=O)C(=Cc2cn(-c3ccccc3)nc2-c2cccc(OCc3ccc(Cl)cc3)c2)SC1=S. The molecule has 1 saturated heterocycles. The summed E-state index contributed by atoms with van der Waals surface area (Å²) in [5.74, 6) is -0.915. The Balaban J connectivity index is 1.49. The van der Waals surface area contributed by atoms with E-state index < -0.39 is 18.4 Å². The smallest absolute Gasteiger partial charge is 0.323 e. The second-order valence-electron chi connectivity index (χ2n) is 8.32. The van der Waals surface area contributed by atoms with Crippen LogP contribution in [0.1, 0.15) is 11.1 Å². The van der Waals surface area contributed by atoms with Crippen molar-refractivity contribution in [2.75, 3.05) is 6.54 Å². The van der Waals surface area contributed by atoms with Crippen LogP contribution >= 0.6 is 35.6 Å². The van der Waals surface area contributed by atoms with Crippen LogP contribution in [-0.4, -0.2) is 42.5 Å². The highest BCUT2D eigenvalue weighted by Gasteiger charge is 2.33. The molecule has 0 saturated carbocycles. The number of carbonyl (C=O) groups is 2. The molecule has 4 aromatic rings. The molecular weight excluding hydrogens is 542 g/mol. The lowest BCUT2D eigenvalue weighted by Crippen LogP contribution is -2.33. The molecule has 1 N–H and O–H groups in total. The lowest BCUT2D eigenvalue weighted by molar-refractivity contribution is -0.140. The molecule has 38 heavy (non-hydrogen) atoms. The summed E-state index contributed by atoms with van der Waals surface area (Å²) in [5.41, 5.74) is 3.94. The van der Waals surface area contributed by atoms with Crippen LogP contribution in [0.15, 0.2) is 90.0 Å². The number of benzene rings is 3. The van der Waals surface area contributed by atoms with E-state index in [1.807, 2.05) is 85.1 Å². The highest BCUT2D eigenvalue weighted by Crippen LogP contribution is 2.35. The average Bonchev–Trinajstić information content (AvgIpc) is 3.45. The Labute approximate surface area is 233 Å². The summed E-state index contributed by atoms with van der Waals surface area (Å²) >= 11 is 12.3. The van der Waals surface area contributed by atoms with Crippen LogP contribution in [-0.2, 0) is 16.2 Å². The van der Waals surface area contributed by atoms with Gasteiger partial charge in [0, 0.05) is 22.3 Å². The quantitative estimate of drug-likeness (QED) is 0.207. The molecule has 7 nitrogen and oxygen atoms in total. The molecule has 0 bridgehead atoms. The first-order valence-electron chi connectivity index (χ1n) is 11.5. The van der Waals surface area contributed by atoms with Crippen LogP contribution < -0.4 is 4.74 Å². The van der Waals surface area contributed by atoms with E-state index in [1.54, 1.807) is 10.8 Å². The fourth-order valence-corrected chi connectivity index (χ4v) is 5.20. The largest absolute Gasteiger partial charge is 0.489 e. The second kappa shape index (κ2) is 11.2. The third-order valence-electron chi connectivity index (χ3n) is 5.64. The van der Waals surface area contributed by atoms with Crippen molar-refractivity contribution in [1.29, 1.82) is 0 Å². The van der Waals surface area contributed by atoms with Gasteiger partial charge >= 0.3 is 5.97 Å². The van der Waals surface area contributed by atoms with Gasteiger partial charge in [0.05, 0.1) is 10.6 Å². The number of carboxylic acid groups (broad SMARTS) is 1. The third kappa shape index (κ3) is 5.80. The van der Waals surface area contributed by atoms with Crippen molar-refractivity contribution in [3.05, 3.63) is 106 Å². The van der Waals surface area contributed by atoms with Gasteiger partial charge in [-0.25, -0.2) is 4.68 Å². The Morgan fingerprint density at radius 2 is 1.84 bits per heavy atom. The minimum atomic E-state index is -1.13. The summed E-state index contributed by atoms with van der Waals surface area (Å²) in [6, 6.07) is 24.6. The van der Waals surface area contributed by atoms with Crippen LogP contribution in [0.4, 0.5) is 0 Å². The van der Waals surface area contributed by atoms with Crippen molar-refractivity contribution in [3.8, 4) is 22.7 Å². The Morgan fingerprint density at radius 3 is 2.58 bits per heavy atom. The Hall–Kier alpha value is -3.92. The number of aromatic nitrogens is 2. The van der Waals surface area contributed by atoms with Crippen molar-refractivity contribution in [1.82, 2.24) is 14.7 Å². The molecule has 5 rings (SSSR count). The first-order chi connectivity index (χ1) is 18.4. The maximum Gasteiger partial charge on any atom is 0.323 e. The van der Waals surface area contributed by atoms with Gasteiger partial charge < -0.3 is 9.84 Å². The number of nitrogens with zero attached hydrogens (tertiary/aromatic N) is 3. The van der Waals surface area contributed by atoms with Crippen LogP contribution in [0, 0.1) is 0 Å². The number of carboxylic acids is 1. The molecule has 0 spiro atoms. The zero-order valence-electron chi connectivity index (χ0n) is 19.8. The van der Waals surface area contributed by atoms with Gasteiger partial charge in [0.25, 0.3) is 5.91 Å². The molecule has 0 radical (unpaired) electrons. The fraction of sp³-hybridized carbons (Fsp3) is 0.0714.